The third kappa shape index (κ3) is 4.29. The van der Waals surface area contributed by atoms with Gasteiger partial charge in [0.2, 0.25) is 0 Å². The Balaban J connectivity index is 2.17. The summed E-state index contributed by atoms with van der Waals surface area (Å²) in [4.78, 5) is 21.5. The highest BCUT2D eigenvalue weighted by molar-refractivity contribution is 7.12. The van der Waals surface area contributed by atoms with Crippen LogP contribution in [0.2, 0.25) is 0 Å². The minimum Gasteiger partial charge on any atom is -0.495 e. The van der Waals surface area contributed by atoms with E-state index in [0.29, 0.717) is 23.7 Å². The summed E-state index contributed by atoms with van der Waals surface area (Å²) in [5.41, 5.74) is 1.02. The Labute approximate surface area is 135 Å². The van der Waals surface area contributed by atoms with Crippen molar-refractivity contribution in [2.45, 2.75) is 6.54 Å². The molecule has 2 heterocycles. The molecule has 0 unspecified atom stereocenters. The van der Waals surface area contributed by atoms with E-state index in [1.165, 1.54) is 11.3 Å². The lowest BCUT2D eigenvalue weighted by atomic mass is 10.2. The fourth-order valence-corrected chi connectivity index (χ4v) is 2.87. The van der Waals surface area contributed by atoms with Gasteiger partial charge in [0.15, 0.2) is 0 Å². The lowest BCUT2D eigenvalue weighted by molar-refractivity contribution is 0.0733. The van der Waals surface area contributed by atoms with Gasteiger partial charge in [-0.2, -0.15) is 0 Å². The number of nitrogens with zero attached hydrogens (tertiary/aromatic N) is 3. The van der Waals surface area contributed by atoms with Crippen molar-refractivity contribution in [3.63, 3.8) is 0 Å². The number of methoxy groups -OCH3 is 1. The number of carbonyl (C=O) groups is 1. The predicted molar refractivity (Wildman–Crippen MR) is 88.4 cm³/mol. The van der Waals surface area contributed by atoms with Crippen LogP contribution in [0.1, 0.15) is 15.2 Å². The van der Waals surface area contributed by atoms with Crippen LogP contribution in [0.4, 0.5) is 0 Å². The lowest BCUT2D eigenvalue weighted by Crippen LogP contribution is -2.36. The van der Waals surface area contributed by atoms with Crippen LogP contribution in [0.25, 0.3) is 0 Å². The summed E-state index contributed by atoms with van der Waals surface area (Å²) in [5, 5.41) is 1.88. The summed E-state index contributed by atoms with van der Waals surface area (Å²) in [5.74, 6) is 0.633. The van der Waals surface area contributed by atoms with Crippen LogP contribution in [0.3, 0.4) is 0 Å². The first kappa shape index (κ1) is 16.5. The minimum absolute atomic E-state index is 0.00227. The Bertz CT molecular complexity index is 598. The van der Waals surface area contributed by atoms with Gasteiger partial charge in [0.1, 0.15) is 10.6 Å². The predicted octanol–water partition coefficient (Wildman–Crippen LogP) is 2.36. The van der Waals surface area contributed by atoms with Crippen LogP contribution in [0.15, 0.2) is 36.0 Å². The number of hydrogen-bond donors (Lipinski definition) is 0. The molecule has 1 amide bonds. The smallest absolute Gasteiger partial charge is 0.268 e. The summed E-state index contributed by atoms with van der Waals surface area (Å²) < 4.78 is 5.27. The average molecular weight is 319 g/mol. The number of aromatic nitrogens is 1. The molecule has 5 nitrogen and oxygen atoms in total. The number of rotatable bonds is 7. The van der Waals surface area contributed by atoms with Crippen molar-refractivity contribution >= 4 is 17.2 Å². The van der Waals surface area contributed by atoms with Crippen LogP contribution in [0.5, 0.6) is 5.75 Å². The van der Waals surface area contributed by atoms with E-state index in [4.69, 9.17) is 4.74 Å². The highest BCUT2D eigenvalue weighted by atomic mass is 32.1. The molecule has 2 aromatic heterocycles. The molecule has 118 valence electrons. The average Bonchev–Trinajstić information content (AvgIpc) is 3.00. The Hall–Kier alpha value is -1.92. The third-order valence-corrected chi connectivity index (χ3v) is 4.13. The molecule has 22 heavy (non-hydrogen) atoms. The van der Waals surface area contributed by atoms with Crippen molar-refractivity contribution in [3.05, 3.63) is 46.4 Å². The highest BCUT2D eigenvalue weighted by Gasteiger charge is 2.21. The fraction of sp³-hybridized carbons (Fsp3) is 0.375. The number of ether oxygens (including phenoxy) is 1. The zero-order valence-electron chi connectivity index (χ0n) is 13.2. The number of thiophene rings is 1. The molecule has 0 radical (unpaired) electrons. The molecule has 0 atom stereocenters. The number of carbonyl (C=O) groups excluding carboxylic acids is 1. The van der Waals surface area contributed by atoms with Gasteiger partial charge in [-0.3, -0.25) is 9.78 Å². The number of hydrogen-bond acceptors (Lipinski definition) is 5. The molecule has 0 fully saturated rings. The van der Waals surface area contributed by atoms with Crippen molar-refractivity contribution in [2.75, 3.05) is 34.3 Å². The Morgan fingerprint density at radius 3 is 2.77 bits per heavy atom. The molecule has 0 spiro atoms. The normalized spacial score (nSPS) is 10.7. The van der Waals surface area contributed by atoms with Gasteiger partial charge in [0.25, 0.3) is 5.91 Å². The second-order valence-corrected chi connectivity index (χ2v) is 6.13. The Morgan fingerprint density at radius 1 is 1.32 bits per heavy atom. The number of likely N-dealkylation sites (N-methyl/N-ethyl adjacent to an activating group) is 1. The third-order valence-electron chi connectivity index (χ3n) is 3.24. The molecule has 6 heteroatoms. The fourth-order valence-electron chi connectivity index (χ4n) is 2.04. The number of amides is 1. The second kappa shape index (κ2) is 7.91. The van der Waals surface area contributed by atoms with Gasteiger partial charge in [-0.1, -0.05) is 6.07 Å². The molecule has 2 aromatic rings. The molecular weight excluding hydrogens is 298 g/mol. The molecule has 0 bridgehead atoms. The van der Waals surface area contributed by atoms with E-state index in [-0.39, 0.29) is 5.91 Å². The molecule has 0 aliphatic carbocycles. The zero-order valence-corrected chi connectivity index (χ0v) is 14.0. The van der Waals surface area contributed by atoms with Crippen molar-refractivity contribution in [2.24, 2.45) is 0 Å². The molecule has 0 aliphatic heterocycles. The van der Waals surface area contributed by atoms with Gasteiger partial charge >= 0.3 is 0 Å². The van der Waals surface area contributed by atoms with Gasteiger partial charge in [0.05, 0.1) is 7.11 Å². The van der Waals surface area contributed by atoms with Crippen LogP contribution in [-0.4, -0.2) is 55.0 Å². The maximum Gasteiger partial charge on any atom is 0.268 e. The first-order valence-electron chi connectivity index (χ1n) is 7.06. The Morgan fingerprint density at radius 2 is 2.14 bits per heavy atom. The van der Waals surface area contributed by atoms with Crippen molar-refractivity contribution in [1.29, 1.82) is 0 Å². The van der Waals surface area contributed by atoms with Gasteiger partial charge in [-0.05, 0) is 37.2 Å². The molecular formula is C16H21N3O2S. The summed E-state index contributed by atoms with van der Waals surface area (Å²) in [6, 6.07) is 5.69. The van der Waals surface area contributed by atoms with E-state index < -0.39 is 0 Å². The largest absolute Gasteiger partial charge is 0.495 e. The van der Waals surface area contributed by atoms with E-state index in [1.54, 1.807) is 19.5 Å². The van der Waals surface area contributed by atoms with Gasteiger partial charge in [0, 0.05) is 32.0 Å². The van der Waals surface area contributed by atoms with E-state index in [2.05, 4.69) is 9.88 Å². The summed E-state index contributed by atoms with van der Waals surface area (Å²) in [6.45, 7) is 2.00. The van der Waals surface area contributed by atoms with Crippen molar-refractivity contribution in [1.82, 2.24) is 14.8 Å². The molecule has 0 aliphatic rings. The van der Waals surface area contributed by atoms with Gasteiger partial charge < -0.3 is 14.5 Å². The maximum atomic E-state index is 12.8. The van der Waals surface area contributed by atoms with E-state index in [0.717, 1.165) is 12.1 Å². The molecule has 0 saturated heterocycles. The molecule has 2 rings (SSSR count). The topological polar surface area (TPSA) is 45.7 Å². The van der Waals surface area contributed by atoms with Crippen LogP contribution >= 0.6 is 11.3 Å². The van der Waals surface area contributed by atoms with Crippen LogP contribution in [-0.2, 0) is 6.54 Å². The second-order valence-electron chi connectivity index (χ2n) is 5.21. The monoisotopic (exact) mass is 319 g/mol. The summed E-state index contributed by atoms with van der Waals surface area (Å²) in [7, 11) is 5.58. The number of pyridine rings is 1. The van der Waals surface area contributed by atoms with Crippen molar-refractivity contribution < 1.29 is 9.53 Å². The molecule has 0 N–H and O–H groups in total. The van der Waals surface area contributed by atoms with Crippen LogP contribution in [0, 0.1) is 0 Å². The van der Waals surface area contributed by atoms with E-state index in [9.17, 15) is 4.79 Å². The quantitative estimate of drug-likeness (QED) is 0.786. The molecule has 0 aromatic carbocycles. The SMILES string of the molecule is COc1ccsc1C(=O)N(CCN(C)C)Cc1cccnc1. The zero-order chi connectivity index (χ0) is 15.9. The highest BCUT2D eigenvalue weighted by Crippen LogP contribution is 2.26. The van der Waals surface area contributed by atoms with Crippen molar-refractivity contribution in [3.8, 4) is 5.75 Å². The summed E-state index contributed by atoms with van der Waals surface area (Å²) >= 11 is 1.41. The van der Waals surface area contributed by atoms with Gasteiger partial charge in [-0.15, -0.1) is 11.3 Å². The first-order chi connectivity index (χ1) is 10.6. The van der Waals surface area contributed by atoms with E-state index in [1.807, 2.05) is 42.6 Å². The standard InChI is InChI=1S/C16H21N3O2S/c1-18(2)8-9-19(12-13-5-4-7-17-11-13)16(20)15-14(21-3)6-10-22-15/h4-7,10-11H,8-9,12H2,1-3H3. The first-order valence-corrected chi connectivity index (χ1v) is 7.94. The van der Waals surface area contributed by atoms with Gasteiger partial charge in [-0.25, -0.2) is 0 Å². The Kier molecular flexibility index (Phi) is 5.91. The minimum atomic E-state index is -0.00227. The maximum absolute atomic E-state index is 12.8. The lowest BCUT2D eigenvalue weighted by Gasteiger charge is -2.24. The van der Waals surface area contributed by atoms with Crippen LogP contribution < -0.4 is 4.74 Å². The molecule has 0 saturated carbocycles. The summed E-state index contributed by atoms with van der Waals surface area (Å²) in [6.07, 6.45) is 3.53. The van der Waals surface area contributed by atoms with E-state index >= 15 is 0 Å².